The molecule has 0 unspecified atom stereocenters. The molecule has 1 fully saturated rings. The summed E-state index contributed by atoms with van der Waals surface area (Å²) in [5.74, 6) is 0.781. The minimum absolute atomic E-state index is 0.781. The van der Waals surface area contributed by atoms with Gasteiger partial charge in [0.25, 0.3) is 0 Å². The van der Waals surface area contributed by atoms with Crippen LogP contribution in [-0.4, -0.2) is 4.98 Å². The predicted octanol–water partition coefficient (Wildman–Crippen LogP) is 3.46. The Bertz CT molecular complexity index is 280. The molecule has 0 aromatic carbocycles. The van der Waals surface area contributed by atoms with Gasteiger partial charge in [0, 0.05) is 11.1 Å². The smallest absolute Gasteiger partial charge is 0.158 e. The largest absolute Gasteiger partial charge is 0.341 e. The molecule has 1 aliphatic rings. The lowest BCUT2D eigenvalue weighted by Crippen LogP contribution is -1.90. The first-order valence-corrected chi connectivity index (χ1v) is 5.33. The number of nitrogens with one attached hydrogen (secondary N) is 1. The molecule has 1 aromatic heterocycles. The number of aromatic amines is 1. The van der Waals surface area contributed by atoms with E-state index in [-0.39, 0.29) is 0 Å². The van der Waals surface area contributed by atoms with Crippen LogP contribution in [0.15, 0.2) is 5.38 Å². The van der Waals surface area contributed by atoms with E-state index in [9.17, 15) is 0 Å². The second-order valence-corrected chi connectivity index (χ2v) is 4.63. The molecule has 60 valence electrons. The molecule has 0 bridgehead atoms. The molecule has 1 aliphatic carbocycles. The topological polar surface area (TPSA) is 15.8 Å². The maximum atomic E-state index is 5.03. The zero-order valence-electron chi connectivity index (χ0n) is 6.30. The van der Waals surface area contributed by atoms with Crippen LogP contribution in [0.5, 0.6) is 0 Å². The van der Waals surface area contributed by atoms with E-state index in [1.165, 1.54) is 31.4 Å². The Balaban J connectivity index is 2.21. The third kappa shape index (κ3) is 1.54. The lowest BCUT2D eigenvalue weighted by atomic mass is 10.1. The van der Waals surface area contributed by atoms with Crippen LogP contribution >= 0.6 is 23.6 Å². The van der Waals surface area contributed by atoms with E-state index in [0.29, 0.717) is 0 Å². The van der Waals surface area contributed by atoms with Crippen molar-refractivity contribution < 1.29 is 0 Å². The van der Waals surface area contributed by atoms with Gasteiger partial charge in [-0.05, 0) is 31.0 Å². The molecule has 11 heavy (non-hydrogen) atoms. The van der Waals surface area contributed by atoms with Gasteiger partial charge in [-0.1, -0.05) is 12.8 Å². The van der Waals surface area contributed by atoms with Crippen molar-refractivity contribution in [3.05, 3.63) is 15.0 Å². The van der Waals surface area contributed by atoms with Crippen molar-refractivity contribution >= 4 is 23.6 Å². The van der Waals surface area contributed by atoms with Crippen molar-refractivity contribution in [2.24, 2.45) is 0 Å². The van der Waals surface area contributed by atoms with Crippen LogP contribution in [-0.2, 0) is 0 Å². The first-order chi connectivity index (χ1) is 5.36. The fourth-order valence-corrected chi connectivity index (χ4v) is 2.65. The van der Waals surface area contributed by atoms with Gasteiger partial charge in [0.15, 0.2) is 3.95 Å². The molecule has 0 atom stereocenters. The standard InChI is InChI=1S/C8H11NS2/c10-8-9-7(5-11-8)6-3-1-2-4-6/h5-6H,1-4H2,(H,9,10). The van der Waals surface area contributed by atoms with Crippen LogP contribution in [0.3, 0.4) is 0 Å². The lowest BCUT2D eigenvalue weighted by Gasteiger charge is -2.03. The summed E-state index contributed by atoms with van der Waals surface area (Å²) in [5.41, 5.74) is 1.37. The number of aromatic nitrogens is 1. The second kappa shape index (κ2) is 3.07. The maximum absolute atomic E-state index is 5.03. The van der Waals surface area contributed by atoms with Crippen molar-refractivity contribution in [3.8, 4) is 0 Å². The van der Waals surface area contributed by atoms with Crippen molar-refractivity contribution in [1.29, 1.82) is 0 Å². The summed E-state index contributed by atoms with van der Waals surface area (Å²) in [6, 6.07) is 0. The van der Waals surface area contributed by atoms with Crippen molar-refractivity contribution in [2.45, 2.75) is 31.6 Å². The maximum Gasteiger partial charge on any atom is 0.158 e. The Morgan fingerprint density at radius 2 is 2.18 bits per heavy atom. The van der Waals surface area contributed by atoms with E-state index < -0.39 is 0 Å². The fraction of sp³-hybridized carbons (Fsp3) is 0.625. The van der Waals surface area contributed by atoms with Crippen molar-refractivity contribution in [3.63, 3.8) is 0 Å². The Labute approximate surface area is 75.5 Å². The molecule has 0 saturated heterocycles. The van der Waals surface area contributed by atoms with E-state index in [4.69, 9.17) is 12.2 Å². The molecular weight excluding hydrogens is 174 g/mol. The van der Waals surface area contributed by atoms with E-state index in [2.05, 4.69) is 10.4 Å². The third-order valence-electron chi connectivity index (χ3n) is 2.33. The Morgan fingerprint density at radius 1 is 1.45 bits per heavy atom. The van der Waals surface area contributed by atoms with Crippen LogP contribution in [0.1, 0.15) is 37.3 Å². The summed E-state index contributed by atoms with van der Waals surface area (Å²) < 4.78 is 0.923. The molecule has 1 saturated carbocycles. The molecule has 0 aliphatic heterocycles. The minimum atomic E-state index is 0.781. The highest BCUT2D eigenvalue weighted by atomic mass is 32.1. The molecule has 2 rings (SSSR count). The molecular formula is C8H11NS2. The zero-order chi connectivity index (χ0) is 7.68. The van der Waals surface area contributed by atoms with E-state index in [0.717, 1.165) is 9.87 Å². The molecule has 1 N–H and O–H groups in total. The Morgan fingerprint density at radius 3 is 2.73 bits per heavy atom. The van der Waals surface area contributed by atoms with E-state index in [1.54, 1.807) is 11.3 Å². The zero-order valence-corrected chi connectivity index (χ0v) is 7.93. The summed E-state index contributed by atoms with van der Waals surface area (Å²) >= 11 is 6.68. The number of rotatable bonds is 1. The summed E-state index contributed by atoms with van der Waals surface area (Å²) in [7, 11) is 0. The predicted molar refractivity (Wildman–Crippen MR) is 50.7 cm³/mol. The summed E-state index contributed by atoms with van der Waals surface area (Å²) in [5, 5.41) is 2.18. The van der Waals surface area contributed by atoms with Gasteiger partial charge in [-0.3, -0.25) is 0 Å². The van der Waals surface area contributed by atoms with Gasteiger partial charge in [-0.2, -0.15) is 0 Å². The van der Waals surface area contributed by atoms with Crippen molar-refractivity contribution in [2.75, 3.05) is 0 Å². The van der Waals surface area contributed by atoms with Gasteiger partial charge in [0.2, 0.25) is 0 Å². The Kier molecular flexibility index (Phi) is 2.09. The van der Waals surface area contributed by atoms with Crippen LogP contribution in [0.25, 0.3) is 0 Å². The summed E-state index contributed by atoms with van der Waals surface area (Å²) in [6.07, 6.45) is 5.48. The molecule has 1 heterocycles. The number of thiazole rings is 1. The van der Waals surface area contributed by atoms with Gasteiger partial charge >= 0.3 is 0 Å². The Hall–Kier alpha value is -0.150. The van der Waals surface area contributed by atoms with E-state index >= 15 is 0 Å². The monoisotopic (exact) mass is 185 g/mol. The first-order valence-electron chi connectivity index (χ1n) is 4.04. The van der Waals surface area contributed by atoms with Crippen LogP contribution in [0.2, 0.25) is 0 Å². The van der Waals surface area contributed by atoms with Crippen LogP contribution < -0.4 is 0 Å². The molecule has 0 radical (unpaired) electrons. The molecule has 3 heteroatoms. The molecule has 0 spiro atoms. The van der Waals surface area contributed by atoms with Crippen molar-refractivity contribution in [1.82, 2.24) is 4.98 Å². The molecule has 1 nitrogen and oxygen atoms in total. The van der Waals surface area contributed by atoms with Crippen LogP contribution in [0.4, 0.5) is 0 Å². The highest BCUT2D eigenvalue weighted by Crippen LogP contribution is 2.33. The first kappa shape index (κ1) is 7.50. The SMILES string of the molecule is S=c1[nH]c(C2CCCC2)cs1. The van der Waals surface area contributed by atoms with Gasteiger partial charge in [0.1, 0.15) is 0 Å². The molecule has 1 aromatic rings. The highest BCUT2D eigenvalue weighted by molar-refractivity contribution is 7.73. The second-order valence-electron chi connectivity index (χ2n) is 3.08. The summed E-state index contributed by atoms with van der Waals surface area (Å²) in [6.45, 7) is 0. The quantitative estimate of drug-likeness (QED) is 0.662. The average Bonchev–Trinajstić information content (AvgIpc) is 2.55. The normalized spacial score (nSPS) is 19.3. The van der Waals surface area contributed by atoms with Crippen LogP contribution in [0, 0.1) is 3.95 Å². The van der Waals surface area contributed by atoms with E-state index in [1.807, 2.05) is 0 Å². The number of hydrogen-bond donors (Lipinski definition) is 1. The van der Waals surface area contributed by atoms with Gasteiger partial charge in [-0.25, -0.2) is 0 Å². The number of H-pyrrole nitrogens is 1. The lowest BCUT2D eigenvalue weighted by molar-refractivity contribution is 0.702. The number of hydrogen-bond acceptors (Lipinski definition) is 2. The van der Waals surface area contributed by atoms with Gasteiger partial charge in [-0.15, -0.1) is 11.3 Å². The average molecular weight is 185 g/mol. The van der Waals surface area contributed by atoms with Gasteiger partial charge in [0.05, 0.1) is 0 Å². The third-order valence-corrected chi connectivity index (χ3v) is 3.41. The minimum Gasteiger partial charge on any atom is -0.341 e. The molecule has 0 amide bonds. The summed E-state index contributed by atoms with van der Waals surface area (Å²) in [4.78, 5) is 3.25. The van der Waals surface area contributed by atoms with Gasteiger partial charge < -0.3 is 4.98 Å². The highest BCUT2D eigenvalue weighted by Gasteiger charge is 2.17. The fourth-order valence-electron chi connectivity index (χ4n) is 1.73.